The van der Waals surface area contributed by atoms with Crippen LogP contribution < -0.4 is 16.2 Å². The second-order valence-corrected chi connectivity index (χ2v) is 4.07. The molecule has 1 aromatic heterocycles. The number of nitrogens with zero attached hydrogens (tertiary/aromatic N) is 2. The molecule has 0 bridgehead atoms. The lowest BCUT2D eigenvalue weighted by atomic mass is 10.1. The highest BCUT2D eigenvalue weighted by atomic mass is 16.7. The first-order valence-corrected chi connectivity index (χ1v) is 5.43. The van der Waals surface area contributed by atoms with E-state index in [1.807, 2.05) is 11.9 Å². The number of aromatic nitrogens is 2. The number of ether oxygens (including phenoxy) is 2. The van der Waals surface area contributed by atoms with Crippen molar-refractivity contribution in [2.45, 2.75) is 6.29 Å². The Morgan fingerprint density at radius 3 is 2.78 bits per heavy atom. The molecule has 7 heteroatoms. The zero-order chi connectivity index (χ0) is 13.3. The minimum Gasteiger partial charge on any atom is -0.369 e. The molecule has 0 spiro atoms. The number of rotatable bonds is 3. The summed E-state index contributed by atoms with van der Waals surface area (Å²) in [6, 6.07) is 0. The molecule has 0 amide bonds. The van der Waals surface area contributed by atoms with Gasteiger partial charge in [0.1, 0.15) is 5.82 Å². The van der Waals surface area contributed by atoms with Crippen LogP contribution >= 0.6 is 0 Å². The van der Waals surface area contributed by atoms with Crippen LogP contribution in [0.25, 0.3) is 6.08 Å². The Kier molecular flexibility index (Phi) is 3.35. The maximum Gasteiger partial charge on any atom is 0.261 e. The number of anilines is 2. The minimum absolute atomic E-state index is 0.109. The van der Waals surface area contributed by atoms with Crippen LogP contribution in [0.15, 0.2) is 10.4 Å². The van der Waals surface area contributed by atoms with Crippen LogP contribution in [0.4, 0.5) is 11.8 Å². The summed E-state index contributed by atoms with van der Waals surface area (Å²) in [7, 11) is 4.94. The number of methoxy groups -OCH3 is 2. The molecule has 2 rings (SSSR count). The molecule has 2 heterocycles. The SMILES string of the molecule is COC(OC)C1=Cc2c(nc(N)[nH]c2=O)N(C)C1. The highest BCUT2D eigenvalue weighted by Gasteiger charge is 2.24. The van der Waals surface area contributed by atoms with Gasteiger partial charge in [0, 0.05) is 33.4 Å². The molecule has 0 radical (unpaired) electrons. The molecule has 7 nitrogen and oxygen atoms in total. The lowest BCUT2D eigenvalue weighted by molar-refractivity contribution is -0.0748. The molecule has 1 aromatic rings. The van der Waals surface area contributed by atoms with Gasteiger partial charge in [0.15, 0.2) is 6.29 Å². The summed E-state index contributed by atoms with van der Waals surface area (Å²) in [5, 5.41) is 0. The fraction of sp³-hybridized carbons (Fsp3) is 0.455. The summed E-state index contributed by atoms with van der Waals surface area (Å²) < 4.78 is 10.4. The highest BCUT2D eigenvalue weighted by molar-refractivity contribution is 5.70. The van der Waals surface area contributed by atoms with E-state index in [0.29, 0.717) is 17.9 Å². The number of H-pyrrole nitrogens is 1. The van der Waals surface area contributed by atoms with Crippen LogP contribution in [0.3, 0.4) is 0 Å². The summed E-state index contributed by atoms with van der Waals surface area (Å²) in [6.45, 7) is 0.565. The summed E-state index contributed by atoms with van der Waals surface area (Å²) in [5.41, 5.74) is 6.58. The normalized spacial score (nSPS) is 14.7. The van der Waals surface area contributed by atoms with Gasteiger partial charge in [-0.15, -0.1) is 0 Å². The van der Waals surface area contributed by atoms with Crippen molar-refractivity contribution in [3.05, 3.63) is 21.5 Å². The summed E-state index contributed by atoms with van der Waals surface area (Å²) in [6.07, 6.45) is 1.26. The Balaban J connectivity index is 2.52. The summed E-state index contributed by atoms with van der Waals surface area (Å²) >= 11 is 0. The molecule has 0 fully saturated rings. The van der Waals surface area contributed by atoms with Gasteiger partial charge in [-0.05, 0) is 6.08 Å². The monoisotopic (exact) mass is 252 g/mol. The van der Waals surface area contributed by atoms with Gasteiger partial charge in [-0.2, -0.15) is 4.98 Å². The molecule has 0 aromatic carbocycles. The first-order valence-electron chi connectivity index (χ1n) is 5.43. The Bertz CT molecular complexity index is 534. The molecule has 0 unspecified atom stereocenters. The van der Waals surface area contributed by atoms with Crippen molar-refractivity contribution in [3.63, 3.8) is 0 Å². The van der Waals surface area contributed by atoms with Crippen LogP contribution in [-0.4, -0.2) is 44.1 Å². The van der Waals surface area contributed by atoms with E-state index in [-0.39, 0.29) is 11.5 Å². The Morgan fingerprint density at radius 2 is 2.17 bits per heavy atom. The Labute approximate surface area is 104 Å². The van der Waals surface area contributed by atoms with Crippen molar-refractivity contribution in [2.24, 2.45) is 0 Å². The van der Waals surface area contributed by atoms with E-state index in [0.717, 1.165) is 5.57 Å². The third-order valence-corrected chi connectivity index (χ3v) is 2.80. The van der Waals surface area contributed by atoms with Gasteiger partial charge in [-0.1, -0.05) is 0 Å². The molecular formula is C11H16N4O3. The minimum atomic E-state index is -0.474. The van der Waals surface area contributed by atoms with E-state index in [1.54, 1.807) is 20.3 Å². The van der Waals surface area contributed by atoms with E-state index in [2.05, 4.69) is 9.97 Å². The van der Waals surface area contributed by atoms with E-state index in [1.165, 1.54) is 0 Å². The number of hydrogen-bond donors (Lipinski definition) is 2. The quantitative estimate of drug-likeness (QED) is 0.724. The average Bonchev–Trinajstić information content (AvgIpc) is 2.32. The summed E-state index contributed by atoms with van der Waals surface area (Å²) in [5.74, 6) is 0.670. The van der Waals surface area contributed by atoms with Gasteiger partial charge < -0.3 is 20.1 Å². The maximum absolute atomic E-state index is 11.8. The second-order valence-electron chi connectivity index (χ2n) is 4.07. The third kappa shape index (κ3) is 2.09. The number of nitrogens with two attached hydrogens (primary N) is 1. The highest BCUT2D eigenvalue weighted by Crippen LogP contribution is 2.25. The van der Waals surface area contributed by atoms with Crippen molar-refractivity contribution < 1.29 is 9.47 Å². The Morgan fingerprint density at radius 1 is 1.50 bits per heavy atom. The molecule has 18 heavy (non-hydrogen) atoms. The topological polar surface area (TPSA) is 93.5 Å². The van der Waals surface area contributed by atoms with Crippen molar-refractivity contribution in [2.75, 3.05) is 38.4 Å². The second kappa shape index (κ2) is 4.79. The van der Waals surface area contributed by atoms with Crippen LogP contribution in [0.5, 0.6) is 0 Å². The summed E-state index contributed by atoms with van der Waals surface area (Å²) in [4.78, 5) is 20.3. The molecular weight excluding hydrogens is 236 g/mol. The molecule has 0 aliphatic carbocycles. The zero-order valence-electron chi connectivity index (χ0n) is 10.6. The lowest BCUT2D eigenvalue weighted by Gasteiger charge is -2.28. The van der Waals surface area contributed by atoms with Gasteiger partial charge in [0.25, 0.3) is 5.56 Å². The van der Waals surface area contributed by atoms with Gasteiger partial charge in [-0.25, -0.2) is 0 Å². The molecule has 1 aliphatic heterocycles. The van der Waals surface area contributed by atoms with Crippen molar-refractivity contribution in [3.8, 4) is 0 Å². The van der Waals surface area contributed by atoms with E-state index < -0.39 is 6.29 Å². The van der Waals surface area contributed by atoms with E-state index >= 15 is 0 Å². The molecule has 98 valence electrons. The maximum atomic E-state index is 11.8. The van der Waals surface area contributed by atoms with E-state index in [9.17, 15) is 4.79 Å². The number of aromatic amines is 1. The standard InChI is InChI=1S/C11H16N4O3/c1-15-5-6(10(17-2)18-3)4-7-8(15)13-11(12)14-9(7)16/h4,10H,5H2,1-3H3,(H3,12,13,14,16). The van der Waals surface area contributed by atoms with Crippen LogP contribution in [-0.2, 0) is 9.47 Å². The molecule has 0 saturated heterocycles. The zero-order valence-corrected chi connectivity index (χ0v) is 10.6. The molecule has 3 N–H and O–H groups in total. The number of hydrogen-bond acceptors (Lipinski definition) is 6. The fourth-order valence-electron chi connectivity index (χ4n) is 2.03. The first-order chi connectivity index (χ1) is 8.56. The number of nitrogen functional groups attached to an aromatic ring is 1. The third-order valence-electron chi connectivity index (χ3n) is 2.80. The largest absolute Gasteiger partial charge is 0.369 e. The van der Waals surface area contributed by atoms with Crippen molar-refractivity contribution >= 4 is 17.8 Å². The number of likely N-dealkylation sites (N-methyl/N-ethyl adjacent to an activating group) is 1. The predicted molar refractivity (Wildman–Crippen MR) is 68.3 cm³/mol. The fourth-order valence-corrected chi connectivity index (χ4v) is 2.03. The molecule has 0 atom stereocenters. The molecule has 1 aliphatic rings. The molecule has 0 saturated carbocycles. The van der Waals surface area contributed by atoms with E-state index in [4.69, 9.17) is 15.2 Å². The first kappa shape index (κ1) is 12.6. The number of nitrogens with one attached hydrogen (secondary N) is 1. The number of fused-ring (bicyclic) bond motifs is 1. The van der Waals surface area contributed by atoms with Gasteiger partial charge in [0.2, 0.25) is 5.95 Å². The van der Waals surface area contributed by atoms with Gasteiger partial charge >= 0.3 is 0 Å². The van der Waals surface area contributed by atoms with Crippen LogP contribution in [0.1, 0.15) is 5.56 Å². The van der Waals surface area contributed by atoms with Crippen LogP contribution in [0.2, 0.25) is 0 Å². The smallest absolute Gasteiger partial charge is 0.261 e. The van der Waals surface area contributed by atoms with Crippen LogP contribution in [0, 0.1) is 0 Å². The van der Waals surface area contributed by atoms with Gasteiger partial charge in [-0.3, -0.25) is 9.78 Å². The predicted octanol–water partition coefficient (Wildman–Crippen LogP) is -0.196. The van der Waals surface area contributed by atoms with Gasteiger partial charge in [0.05, 0.1) is 5.56 Å². The average molecular weight is 252 g/mol. The van der Waals surface area contributed by atoms with Crippen molar-refractivity contribution in [1.82, 2.24) is 9.97 Å². The lowest BCUT2D eigenvalue weighted by Crippen LogP contribution is -2.34. The Hall–Kier alpha value is -1.86. The van der Waals surface area contributed by atoms with Crippen molar-refractivity contribution in [1.29, 1.82) is 0 Å².